The second kappa shape index (κ2) is 6.31. The zero-order valence-electron chi connectivity index (χ0n) is 10.5. The molecule has 0 saturated carbocycles. The maximum absolute atomic E-state index is 11.3. The summed E-state index contributed by atoms with van der Waals surface area (Å²) in [6.07, 6.45) is 5.65. The third-order valence-corrected chi connectivity index (χ3v) is 4.43. The van der Waals surface area contributed by atoms with Gasteiger partial charge in [-0.05, 0) is 44.2 Å². The number of hydrogen-bond acceptors (Lipinski definition) is 3. The predicted octanol–water partition coefficient (Wildman–Crippen LogP) is 3.12. The molecule has 0 amide bonds. The minimum absolute atomic E-state index is 0.332. The fraction of sp³-hybridized carbons (Fsp3) is 0.643. The Morgan fingerprint density at radius 3 is 3.12 bits per heavy atom. The summed E-state index contributed by atoms with van der Waals surface area (Å²) >= 11 is 1.83. The molecule has 1 aliphatic rings. The highest BCUT2D eigenvalue weighted by molar-refractivity contribution is 7.09. The van der Waals surface area contributed by atoms with E-state index in [1.165, 1.54) is 30.7 Å². The molecule has 0 radical (unpaired) electrons. The van der Waals surface area contributed by atoms with Gasteiger partial charge in [-0.25, -0.2) is 0 Å². The number of rotatable bonds is 5. The lowest BCUT2D eigenvalue weighted by Gasteiger charge is -2.35. The minimum atomic E-state index is 0.332. The molecule has 1 aromatic rings. The Kier molecular flexibility index (Phi) is 4.75. The van der Waals surface area contributed by atoms with E-state index in [4.69, 9.17) is 0 Å². The summed E-state index contributed by atoms with van der Waals surface area (Å²) in [4.78, 5) is 15.2. The molecule has 0 spiro atoms. The molecule has 2 nitrogen and oxygen atoms in total. The molecule has 0 bridgehead atoms. The van der Waals surface area contributed by atoms with Crippen LogP contribution in [0.15, 0.2) is 17.5 Å². The minimum Gasteiger partial charge on any atom is -0.300 e. The molecule has 1 atom stereocenters. The summed E-state index contributed by atoms with van der Waals surface area (Å²) in [5.74, 6) is 0.332. The summed E-state index contributed by atoms with van der Waals surface area (Å²) in [6.45, 7) is 3.99. The number of hydrogen-bond donors (Lipinski definition) is 0. The lowest BCUT2D eigenvalue weighted by Crippen LogP contribution is -2.41. The monoisotopic (exact) mass is 251 g/mol. The lowest BCUT2D eigenvalue weighted by atomic mass is 9.97. The van der Waals surface area contributed by atoms with Crippen LogP contribution in [0.5, 0.6) is 0 Å². The van der Waals surface area contributed by atoms with Crippen molar-refractivity contribution in [2.24, 2.45) is 0 Å². The smallest absolute Gasteiger partial charge is 0.131 e. The molecule has 0 N–H and O–H groups in total. The van der Waals surface area contributed by atoms with E-state index in [-0.39, 0.29) is 0 Å². The number of ketones is 1. The molecule has 1 unspecified atom stereocenters. The van der Waals surface area contributed by atoms with E-state index < -0.39 is 0 Å². The van der Waals surface area contributed by atoms with E-state index in [1.807, 2.05) is 11.3 Å². The summed E-state index contributed by atoms with van der Waals surface area (Å²) in [5, 5.41) is 2.14. The van der Waals surface area contributed by atoms with Gasteiger partial charge < -0.3 is 0 Å². The zero-order chi connectivity index (χ0) is 12.1. The van der Waals surface area contributed by atoms with Gasteiger partial charge in [-0.15, -0.1) is 11.3 Å². The van der Waals surface area contributed by atoms with Crippen molar-refractivity contribution in [2.45, 2.75) is 45.1 Å². The summed E-state index contributed by atoms with van der Waals surface area (Å²) in [7, 11) is 0. The first kappa shape index (κ1) is 12.8. The Balaban J connectivity index is 1.85. The molecule has 1 aromatic heterocycles. The standard InChI is InChI=1S/C14H21NOS/c1-12(16)11-13-5-2-3-8-15(13)9-7-14-6-4-10-17-14/h4,6,10,13H,2-3,5,7-9,11H2,1H3. The zero-order valence-corrected chi connectivity index (χ0v) is 11.3. The van der Waals surface area contributed by atoms with Gasteiger partial charge in [-0.1, -0.05) is 12.5 Å². The third-order valence-electron chi connectivity index (χ3n) is 3.50. The van der Waals surface area contributed by atoms with Gasteiger partial charge in [0.1, 0.15) is 5.78 Å². The molecule has 2 heterocycles. The van der Waals surface area contributed by atoms with Crippen LogP contribution >= 0.6 is 11.3 Å². The van der Waals surface area contributed by atoms with Crippen LogP contribution in [0.25, 0.3) is 0 Å². The quantitative estimate of drug-likeness (QED) is 0.801. The fourth-order valence-corrected chi connectivity index (χ4v) is 3.32. The first-order valence-electron chi connectivity index (χ1n) is 6.51. The number of likely N-dealkylation sites (tertiary alicyclic amines) is 1. The van der Waals surface area contributed by atoms with Crippen molar-refractivity contribution in [3.63, 3.8) is 0 Å². The number of nitrogens with zero attached hydrogens (tertiary/aromatic N) is 1. The van der Waals surface area contributed by atoms with Gasteiger partial charge in [0, 0.05) is 23.9 Å². The van der Waals surface area contributed by atoms with Crippen LogP contribution in [-0.4, -0.2) is 29.8 Å². The highest BCUT2D eigenvalue weighted by Crippen LogP contribution is 2.21. The molecule has 1 fully saturated rings. The van der Waals surface area contributed by atoms with Crippen LogP contribution in [0.4, 0.5) is 0 Å². The SMILES string of the molecule is CC(=O)CC1CCCCN1CCc1cccs1. The topological polar surface area (TPSA) is 20.3 Å². The van der Waals surface area contributed by atoms with Gasteiger partial charge >= 0.3 is 0 Å². The van der Waals surface area contributed by atoms with Crippen molar-refractivity contribution in [1.29, 1.82) is 0 Å². The maximum Gasteiger partial charge on any atom is 0.131 e. The molecule has 94 valence electrons. The average Bonchev–Trinajstić information content (AvgIpc) is 2.80. The number of Topliss-reactive ketones (excluding diaryl/α,β-unsaturated/α-hetero) is 1. The van der Waals surface area contributed by atoms with Crippen LogP contribution in [0.1, 0.15) is 37.5 Å². The Bertz CT molecular complexity index is 347. The Morgan fingerprint density at radius 1 is 1.53 bits per heavy atom. The number of piperidine rings is 1. The maximum atomic E-state index is 11.3. The molecule has 17 heavy (non-hydrogen) atoms. The first-order chi connectivity index (χ1) is 8.25. The van der Waals surface area contributed by atoms with Crippen LogP contribution in [-0.2, 0) is 11.2 Å². The predicted molar refractivity (Wildman–Crippen MR) is 72.5 cm³/mol. The van der Waals surface area contributed by atoms with Gasteiger partial charge in [0.05, 0.1) is 0 Å². The molecule has 1 aliphatic heterocycles. The van der Waals surface area contributed by atoms with E-state index in [1.54, 1.807) is 6.92 Å². The van der Waals surface area contributed by atoms with E-state index in [9.17, 15) is 4.79 Å². The molecule has 0 aromatic carbocycles. The number of carbonyl (C=O) groups excluding carboxylic acids is 1. The van der Waals surface area contributed by atoms with E-state index in [0.29, 0.717) is 11.8 Å². The van der Waals surface area contributed by atoms with Crippen molar-refractivity contribution in [3.8, 4) is 0 Å². The Morgan fingerprint density at radius 2 is 2.41 bits per heavy atom. The van der Waals surface area contributed by atoms with Crippen LogP contribution in [0, 0.1) is 0 Å². The second-order valence-corrected chi connectivity index (χ2v) is 5.95. The van der Waals surface area contributed by atoms with Crippen molar-refractivity contribution in [3.05, 3.63) is 22.4 Å². The lowest BCUT2D eigenvalue weighted by molar-refractivity contribution is -0.118. The van der Waals surface area contributed by atoms with Crippen LogP contribution in [0.2, 0.25) is 0 Å². The number of carbonyl (C=O) groups is 1. The largest absolute Gasteiger partial charge is 0.300 e. The Labute approximate surface area is 108 Å². The summed E-state index contributed by atoms with van der Waals surface area (Å²) in [6, 6.07) is 4.82. The summed E-state index contributed by atoms with van der Waals surface area (Å²) < 4.78 is 0. The van der Waals surface area contributed by atoms with Gasteiger partial charge in [-0.3, -0.25) is 9.69 Å². The van der Waals surface area contributed by atoms with Crippen LogP contribution in [0.3, 0.4) is 0 Å². The van der Waals surface area contributed by atoms with E-state index >= 15 is 0 Å². The second-order valence-electron chi connectivity index (χ2n) is 4.92. The van der Waals surface area contributed by atoms with Gasteiger partial charge in [0.2, 0.25) is 0 Å². The van der Waals surface area contributed by atoms with Crippen molar-refractivity contribution >= 4 is 17.1 Å². The van der Waals surface area contributed by atoms with Crippen LogP contribution < -0.4 is 0 Å². The van der Waals surface area contributed by atoms with Crippen molar-refractivity contribution in [2.75, 3.05) is 13.1 Å². The first-order valence-corrected chi connectivity index (χ1v) is 7.39. The van der Waals surface area contributed by atoms with E-state index in [2.05, 4.69) is 22.4 Å². The van der Waals surface area contributed by atoms with Gasteiger partial charge in [0.15, 0.2) is 0 Å². The molecule has 1 saturated heterocycles. The van der Waals surface area contributed by atoms with Crippen molar-refractivity contribution < 1.29 is 4.79 Å². The summed E-state index contributed by atoms with van der Waals surface area (Å²) in [5.41, 5.74) is 0. The number of thiophene rings is 1. The van der Waals surface area contributed by atoms with Crippen molar-refractivity contribution in [1.82, 2.24) is 4.90 Å². The molecular formula is C14H21NOS. The highest BCUT2D eigenvalue weighted by atomic mass is 32.1. The van der Waals surface area contributed by atoms with Gasteiger partial charge in [-0.2, -0.15) is 0 Å². The molecule has 2 rings (SSSR count). The van der Waals surface area contributed by atoms with E-state index in [0.717, 1.165) is 19.4 Å². The molecule has 3 heteroatoms. The average molecular weight is 251 g/mol. The third kappa shape index (κ3) is 3.93. The highest BCUT2D eigenvalue weighted by Gasteiger charge is 2.22. The molecular weight excluding hydrogens is 230 g/mol. The van der Waals surface area contributed by atoms with Gasteiger partial charge in [0.25, 0.3) is 0 Å². The fourth-order valence-electron chi connectivity index (χ4n) is 2.63. The normalized spacial score (nSPS) is 21.6. The molecule has 0 aliphatic carbocycles. The Hall–Kier alpha value is -0.670.